The molecule has 0 radical (unpaired) electrons. The summed E-state index contributed by atoms with van der Waals surface area (Å²) in [6.07, 6.45) is 2.38. The lowest BCUT2D eigenvalue weighted by Gasteiger charge is -2.12. The van der Waals surface area contributed by atoms with E-state index in [0.717, 1.165) is 21.3 Å². The predicted molar refractivity (Wildman–Crippen MR) is 108 cm³/mol. The molecule has 1 aromatic carbocycles. The molecule has 0 fully saturated rings. The molecule has 27 heavy (non-hydrogen) atoms. The lowest BCUT2D eigenvalue weighted by Crippen LogP contribution is -2.25. The molecule has 0 aliphatic rings. The van der Waals surface area contributed by atoms with E-state index in [1.165, 1.54) is 7.05 Å². The maximum atomic E-state index is 9.31. The highest BCUT2D eigenvalue weighted by Crippen LogP contribution is 2.25. The molecule has 10 heteroatoms. The summed E-state index contributed by atoms with van der Waals surface area (Å²) < 4.78 is 7.48. The Morgan fingerprint density at radius 3 is 2.48 bits per heavy atom. The Bertz CT molecular complexity index is 847. The molecule has 0 spiro atoms. The third kappa shape index (κ3) is 6.26. The summed E-state index contributed by atoms with van der Waals surface area (Å²) in [7, 11) is 3.27. The van der Waals surface area contributed by atoms with Crippen molar-refractivity contribution in [3.8, 4) is 11.6 Å². The fraction of sp³-hybridized carbons (Fsp3) is 0.176. The van der Waals surface area contributed by atoms with E-state index in [2.05, 4.69) is 5.10 Å². The largest absolute Gasteiger partial charge is 0.471 e. The Labute approximate surface area is 166 Å². The second-order valence-electron chi connectivity index (χ2n) is 5.47. The molecule has 1 amide bonds. The van der Waals surface area contributed by atoms with Gasteiger partial charge in [0.1, 0.15) is 6.61 Å². The summed E-state index contributed by atoms with van der Waals surface area (Å²) in [5, 5.41) is 9.61. The SMILES string of the molecule is CN(N)C=O.CN(N)c1ccsc1COc1ccn(-c2ccc(Cl)cc2)n1. The Kier molecular flexibility index (Phi) is 7.62. The first-order chi connectivity index (χ1) is 12.9. The number of amides is 1. The van der Waals surface area contributed by atoms with Gasteiger partial charge in [-0.25, -0.2) is 16.4 Å². The van der Waals surface area contributed by atoms with Crippen LogP contribution < -0.4 is 21.4 Å². The molecular formula is C17H21ClN6O2S. The average Bonchev–Trinajstić information content (AvgIpc) is 3.30. The summed E-state index contributed by atoms with van der Waals surface area (Å²) in [5.41, 5.74) is 1.89. The molecule has 0 saturated heterocycles. The van der Waals surface area contributed by atoms with Crippen LogP contribution in [0.5, 0.6) is 5.88 Å². The van der Waals surface area contributed by atoms with Crippen LogP contribution in [0.4, 0.5) is 5.69 Å². The van der Waals surface area contributed by atoms with Gasteiger partial charge in [0.05, 0.1) is 16.3 Å². The highest BCUT2D eigenvalue weighted by molar-refractivity contribution is 7.10. The predicted octanol–water partition coefficient (Wildman–Crippen LogP) is 2.42. The molecular weight excluding hydrogens is 388 g/mol. The number of carbonyl (C=O) groups is 1. The zero-order chi connectivity index (χ0) is 19.8. The van der Waals surface area contributed by atoms with E-state index in [-0.39, 0.29) is 0 Å². The van der Waals surface area contributed by atoms with Crippen LogP contribution in [0.2, 0.25) is 5.02 Å². The van der Waals surface area contributed by atoms with Gasteiger partial charge in [0.15, 0.2) is 0 Å². The first-order valence-electron chi connectivity index (χ1n) is 7.82. The van der Waals surface area contributed by atoms with Crippen molar-refractivity contribution in [1.29, 1.82) is 0 Å². The monoisotopic (exact) mass is 408 g/mol. The highest BCUT2D eigenvalue weighted by Gasteiger charge is 2.09. The first-order valence-corrected chi connectivity index (χ1v) is 9.08. The average molecular weight is 409 g/mol. The molecule has 0 aliphatic heterocycles. The number of benzene rings is 1. The van der Waals surface area contributed by atoms with E-state index in [0.29, 0.717) is 23.9 Å². The van der Waals surface area contributed by atoms with Crippen molar-refractivity contribution < 1.29 is 9.53 Å². The van der Waals surface area contributed by atoms with E-state index < -0.39 is 0 Å². The van der Waals surface area contributed by atoms with Crippen LogP contribution in [0.3, 0.4) is 0 Å². The van der Waals surface area contributed by atoms with Gasteiger partial charge in [-0.15, -0.1) is 16.4 Å². The summed E-state index contributed by atoms with van der Waals surface area (Å²) in [6, 6.07) is 11.3. The Balaban J connectivity index is 0.000000465. The lowest BCUT2D eigenvalue weighted by atomic mass is 10.3. The molecule has 3 rings (SSSR count). The van der Waals surface area contributed by atoms with Gasteiger partial charge in [-0.2, -0.15) is 0 Å². The number of thiophene rings is 1. The van der Waals surface area contributed by atoms with Crippen molar-refractivity contribution in [2.45, 2.75) is 6.61 Å². The number of ether oxygens (including phenoxy) is 1. The van der Waals surface area contributed by atoms with Gasteiger partial charge in [0.2, 0.25) is 12.3 Å². The number of anilines is 1. The van der Waals surface area contributed by atoms with Crippen LogP contribution in [0.25, 0.3) is 5.69 Å². The van der Waals surface area contributed by atoms with Gasteiger partial charge in [0, 0.05) is 31.4 Å². The molecule has 0 atom stereocenters. The second kappa shape index (κ2) is 9.93. The summed E-state index contributed by atoms with van der Waals surface area (Å²) in [4.78, 5) is 10.4. The van der Waals surface area contributed by atoms with Crippen LogP contribution in [0, 0.1) is 0 Å². The smallest absolute Gasteiger partial charge is 0.233 e. The van der Waals surface area contributed by atoms with Gasteiger partial charge < -0.3 is 9.75 Å². The van der Waals surface area contributed by atoms with Crippen molar-refractivity contribution in [3.63, 3.8) is 0 Å². The first kappa shape index (κ1) is 20.7. The lowest BCUT2D eigenvalue weighted by molar-refractivity contribution is -0.117. The minimum absolute atomic E-state index is 0.437. The normalized spacial score (nSPS) is 9.96. The minimum Gasteiger partial charge on any atom is -0.471 e. The van der Waals surface area contributed by atoms with Crippen LogP contribution in [0.1, 0.15) is 4.88 Å². The van der Waals surface area contributed by atoms with Gasteiger partial charge in [0.25, 0.3) is 0 Å². The number of hydrazine groups is 2. The van der Waals surface area contributed by atoms with Gasteiger partial charge >= 0.3 is 0 Å². The van der Waals surface area contributed by atoms with Crippen molar-refractivity contribution >= 4 is 35.0 Å². The van der Waals surface area contributed by atoms with E-state index in [9.17, 15) is 4.79 Å². The molecule has 0 bridgehead atoms. The molecule has 8 nitrogen and oxygen atoms in total. The third-order valence-electron chi connectivity index (χ3n) is 3.28. The number of hydrogen-bond donors (Lipinski definition) is 2. The minimum atomic E-state index is 0.437. The number of halogens is 1. The molecule has 0 aliphatic carbocycles. The fourth-order valence-corrected chi connectivity index (χ4v) is 2.96. The molecule has 0 saturated carbocycles. The number of rotatable bonds is 6. The van der Waals surface area contributed by atoms with Crippen LogP contribution in [-0.2, 0) is 11.4 Å². The van der Waals surface area contributed by atoms with E-state index in [1.807, 2.05) is 48.0 Å². The van der Waals surface area contributed by atoms with Crippen LogP contribution in [0.15, 0.2) is 48.0 Å². The number of hydrogen-bond acceptors (Lipinski definition) is 7. The fourth-order valence-electron chi connectivity index (χ4n) is 2.02. The van der Waals surface area contributed by atoms with E-state index in [1.54, 1.807) is 28.1 Å². The van der Waals surface area contributed by atoms with Crippen molar-refractivity contribution in [1.82, 2.24) is 14.8 Å². The van der Waals surface area contributed by atoms with Crippen LogP contribution >= 0.6 is 22.9 Å². The number of nitrogens with zero attached hydrogens (tertiary/aromatic N) is 4. The van der Waals surface area contributed by atoms with Gasteiger partial charge in [-0.05, 0) is 35.7 Å². The Morgan fingerprint density at radius 2 is 1.89 bits per heavy atom. The highest BCUT2D eigenvalue weighted by atomic mass is 35.5. The number of nitrogens with two attached hydrogens (primary N) is 2. The van der Waals surface area contributed by atoms with Crippen molar-refractivity contribution in [2.75, 3.05) is 19.1 Å². The molecule has 3 aromatic rings. The summed E-state index contributed by atoms with van der Waals surface area (Å²) >= 11 is 7.49. The van der Waals surface area contributed by atoms with Gasteiger partial charge in [-0.3, -0.25) is 9.80 Å². The zero-order valence-corrected chi connectivity index (χ0v) is 16.5. The molecule has 144 valence electrons. The maximum Gasteiger partial charge on any atom is 0.233 e. The van der Waals surface area contributed by atoms with Gasteiger partial charge in [-0.1, -0.05) is 11.6 Å². The second-order valence-corrected chi connectivity index (χ2v) is 6.91. The standard InChI is InChI=1S/C15H15ClN4OS.C2H6N2O/c1-19(17)13-7-9-22-14(13)10-21-15-6-8-20(18-15)12-4-2-11(16)3-5-12;1-4(3)2-5/h2-9H,10,17H2,1H3;2H,3H2,1H3. The molecule has 4 N–H and O–H groups in total. The quantitative estimate of drug-likeness (QED) is 0.281. The van der Waals surface area contributed by atoms with E-state index in [4.69, 9.17) is 28.0 Å². The number of aromatic nitrogens is 2. The van der Waals surface area contributed by atoms with Crippen molar-refractivity contribution in [3.05, 3.63) is 57.9 Å². The van der Waals surface area contributed by atoms with Crippen molar-refractivity contribution in [2.24, 2.45) is 11.7 Å². The van der Waals surface area contributed by atoms with Crippen LogP contribution in [-0.4, -0.2) is 35.3 Å². The number of carbonyl (C=O) groups excluding carboxylic acids is 1. The van der Waals surface area contributed by atoms with E-state index >= 15 is 0 Å². The Hall–Kier alpha value is -2.59. The maximum absolute atomic E-state index is 9.31. The zero-order valence-electron chi connectivity index (χ0n) is 14.9. The molecule has 2 aromatic heterocycles. The third-order valence-corrected chi connectivity index (χ3v) is 4.41. The summed E-state index contributed by atoms with van der Waals surface area (Å²) in [5.74, 6) is 11.1. The molecule has 0 unspecified atom stereocenters. The molecule has 2 heterocycles. The Morgan fingerprint density at radius 1 is 1.22 bits per heavy atom. The summed E-state index contributed by atoms with van der Waals surface area (Å²) in [6.45, 7) is 0.437. The topological polar surface area (TPSA) is 103 Å².